The van der Waals surface area contributed by atoms with E-state index in [9.17, 15) is 22.8 Å². The molecule has 1 N–H and O–H groups in total. The number of piperidine rings is 1. The standard InChI is InChI=1S/C21H19Cl2F3N2O3/c1-12-11-28(20(30)13-6-7-15(22)16(23)10-13)9-8-17(12)27-19(29)14-4-2-3-5-18(14)31-21(24,25)26/h2-7,10,12,17H,8-9,11H2,1H3,(H,27,29)/t12-,17+/m0/s1. The Morgan fingerprint density at radius 3 is 2.48 bits per heavy atom. The Kier molecular flexibility index (Phi) is 7.01. The highest BCUT2D eigenvalue weighted by Crippen LogP contribution is 2.28. The Labute approximate surface area is 187 Å². The third kappa shape index (κ3) is 5.83. The lowest BCUT2D eigenvalue weighted by Crippen LogP contribution is -2.51. The van der Waals surface area contributed by atoms with E-state index in [1.807, 2.05) is 6.92 Å². The second-order valence-corrected chi connectivity index (χ2v) is 8.08. The molecule has 166 valence electrons. The van der Waals surface area contributed by atoms with Crippen LogP contribution in [0.3, 0.4) is 0 Å². The quantitative estimate of drug-likeness (QED) is 0.664. The third-order valence-corrected chi connectivity index (χ3v) is 5.77. The predicted octanol–water partition coefficient (Wildman–Crippen LogP) is 5.17. The maximum atomic E-state index is 12.8. The van der Waals surface area contributed by atoms with Crippen molar-refractivity contribution in [3.63, 3.8) is 0 Å². The summed E-state index contributed by atoms with van der Waals surface area (Å²) in [7, 11) is 0. The lowest BCUT2D eigenvalue weighted by Gasteiger charge is -2.37. The van der Waals surface area contributed by atoms with Crippen molar-refractivity contribution in [2.24, 2.45) is 5.92 Å². The summed E-state index contributed by atoms with van der Waals surface area (Å²) in [5.41, 5.74) is 0.198. The van der Waals surface area contributed by atoms with Crippen LogP contribution < -0.4 is 10.1 Å². The first-order valence-electron chi connectivity index (χ1n) is 9.45. The molecule has 2 atom stereocenters. The van der Waals surface area contributed by atoms with E-state index in [1.54, 1.807) is 17.0 Å². The van der Waals surface area contributed by atoms with Crippen molar-refractivity contribution in [1.29, 1.82) is 0 Å². The van der Waals surface area contributed by atoms with Gasteiger partial charge in [0.2, 0.25) is 0 Å². The van der Waals surface area contributed by atoms with Crippen LogP contribution in [0.25, 0.3) is 0 Å². The minimum Gasteiger partial charge on any atom is -0.405 e. The van der Waals surface area contributed by atoms with Crippen molar-refractivity contribution < 1.29 is 27.5 Å². The van der Waals surface area contributed by atoms with Crippen LogP contribution in [-0.2, 0) is 0 Å². The molecule has 10 heteroatoms. The summed E-state index contributed by atoms with van der Waals surface area (Å²) < 4.78 is 41.8. The van der Waals surface area contributed by atoms with Gasteiger partial charge < -0.3 is 15.0 Å². The molecule has 0 bridgehead atoms. The summed E-state index contributed by atoms with van der Waals surface area (Å²) in [4.78, 5) is 27.0. The number of ether oxygens (including phenoxy) is 1. The minimum atomic E-state index is -4.90. The van der Waals surface area contributed by atoms with Gasteiger partial charge in [0.05, 0.1) is 15.6 Å². The number of hydrogen-bond donors (Lipinski definition) is 1. The Balaban J connectivity index is 1.65. The summed E-state index contributed by atoms with van der Waals surface area (Å²) in [6.07, 6.45) is -4.46. The van der Waals surface area contributed by atoms with Crippen molar-refractivity contribution in [1.82, 2.24) is 10.2 Å². The number of carbonyl (C=O) groups is 2. The summed E-state index contributed by atoms with van der Waals surface area (Å²) in [5.74, 6) is -1.56. The topological polar surface area (TPSA) is 58.6 Å². The molecule has 0 aliphatic carbocycles. The maximum Gasteiger partial charge on any atom is 0.573 e. The van der Waals surface area contributed by atoms with Gasteiger partial charge in [-0.05, 0) is 42.7 Å². The molecule has 2 aromatic carbocycles. The van der Waals surface area contributed by atoms with Crippen molar-refractivity contribution in [2.75, 3.05) is 13.1 Å². The third-order valence-electron chi connectivity index (χ3n) is 5.03. The molecule has 1 aliphatic rings. The van der Waals surface area contributed by atoms with E-state index in [2.05, 4.69) is 10.1 Å². The molecule has 1 fully saturated rings. The van der Waals surface area contributed by atoms with Crippen LogP contribution in [0, 0.1) is 5.92 Å². The maximum absolute atomic E-state index is 12.8. The van der Waals surface area contributed by atoms with E-state index in [0.717, 1.165) is 6.07 Å². The molecule has 1 heterocycles. The Bertz CT molecular complexity index is 985. The fourth-order valence-electron chi connectivity index (χ4n) is 3.47. The molecule has 5 nitrogen and oxygen atoms in total. The molecule has 1 aliphatic heterocycles. The van der Waals surface area contributed by atoms with E-state index in [1.165, 1.54) is 24.3 Å². The van der Waals surface area contributed by atoms with Gasteiger partial charge in [0.15, 0.2) is 0 Å². The first kappa shape index (κ1) is 23.2. The Morgan fingerprint density at radius 1 is 1.13 bits per heavy atom. The van der Waals surface area contributed by atoms with Gasteiger partial charge in [0, 0.05) is 24.7 Å². The summed E-state index contributed by atoms with van der Waals surface area (Å²) in [5, 5.41) is 3.39. The van der Waals surface area contributed by atoms with Crippen molar-refractivity contribution in [2.45, 2.75) is 25.7 Å². The Morgan fingerprint density at radius 2 is 1.84 bits per heavy atom. The van der Waals surface area contributed by atoms with Gasteiger partial charge >= 0.3 is 6.36 Å². The van der Waals surface area contributed by atoms with Crippen molar-refractivity contribution >= 4 is 35.0 Å². The molecule has 3 rings (SSSR count). The van der Waals surface area contributed by atoms with Gasteiger partial charge in [0.25, 0.3) is 11.8 Å². The lowest BCUT2D eigenvalue weighted by molar-refractivity contribution is -0.274. The van der Waals surface area contributed by atoms with Gasteiger partial charge in [-0.2, -0.15) is 0 Å². The van der Waals surface area contributed by atoms with Crippen LogP contribution in [-0.4, -0.2) is 42.2 Å². The van der Waals surface area contributed by atoms with Crippen molar-refractivity contribution in [3.8, 4) is 5.75 Å². The molecule has 2 amide bonds. The number of hydrogen-bond acceptors (Lipinski definition) is 3. The highest BCUT2D eigenvalue weighted by atomic mass is 35.5. The second-order valence-electron chi connectivity index (χ2n) is 7.27. The summed E-state index contributed by atoms with van der Waals surface area (Å²) >= 11 is 11.9. The van der Waals surface area contributed by atoms with Gasteiger partial charge in [-0.25, -0.2) is 0 Å². The number of para-hydroxylation sites is 1. The minimum absolute atomic E-state index is 0.125. The number of alkyl halides is 3. The van der Waals surface area contributed by atoms with Crippen LogP contribution in [0.4, 0.5) is 13.2 Å². The average molecular weight is 475 g/mol. The van der Waals surface area contributed by atoms with E-state index >= 15 is 0 Å². The monoisotopic (exact) mass is 474 g/mol. The van der Waals surface area contributed by atoms with Crippen LogP contribution in [0.15, 0.2) is 42.5 Å². The average Bonchev–Trinajstić information content (AvgIpc) is 2.70. The zero-order valence-electron chi connectivity index (χ0n) is 16.4. The number of nitrogens with one attached hydrogen (secondary N) is 1. The van der Waals surface area contributed by atoms with E-state index in [0.29, 0.717) is 30.1 Å². The second kappa shape index (κ2) is 9.36. The molecular weight excluding hydrogens is 456 g/mol. The molecule has 0 unspecified atom stereocenters. The first-order valence-corrected chi connectivity index (χ1v) is 10.2. The molecule has 0 radical (unpaired) electrons. The smallest absolute Gasteiger partial charge is 0.405 e. The number of carbonyl (C=O) groups excluding carboxylic acids is 2. The van der Waals surface area contributed by atoms with Crippen LogP contribution in [0.1, 0.15) is 34.1 Å². The van der Waals surface area contributed by atoms with Crippen molar-refractivity contribution in [3.05, 3.63) is 63.6 Å². The predicted molar refractivity (Wildman–Crippen MR) is 111 cm³/mol. The highest BCUT2D eigenvalue weighted by molar-refractivity contribution is 6.42. The Hall–Kier alpha value is -2.45. The zero-order valence-corrected chi connectivity index (χ0v) is 17.9. The van der Waals surface area contributed by atoms with E-state index in [-0.39, 0.29) is 28.5 Å². The van der Waals surface area contributed by atoms with Gasteiger partial charge in [-0.15, -0.1) is 13.2 Å². The lowest BCUT2D eigenvalue weighted by atomic mass is 9.93. The zero-order chi connectivity index (χ0) is 22.8. The van der Waals surface area contributed by atoms with E-state index < -0.39 is 18.0 Å². The molecular formula is C21H19Cl2F3N2O3. The van der Waals surface area contributed by atoms with Crippen LogP contribution in [0.2, 0.25) is 10.0 Å². The largest absolute Gasteiger partial charge is 0.573 e. The molecule has 31 heavy (non-hydrogen) atoms. The van der Waals surface area contributed by atoms with Gasteiger partial charge in [0.1, 0.15) is 5.75 Å². The number of halogens is 5. The molecule has 0 saturated carbocycles. The van der Waals surface area contributed by atoms with Gasteiger partial charge in [-0.3, -0.25) is 9.59 Å². The number of likely N-dealkylation sites (tertiary alicyclic amines) is 1. The molecule has 1 saturated heterocycles. The fraction of sp³-hybridized carbons (Fsp3) is 0.333. The van der Waals surface area contributed by atoms with Crippen LogP contribution in [0.5, 0.6) is 5.75 Å². The molecule has 0 aromatic heterocycles. The first-order chi connectivity index (χ1) is 14.5. The number of rotatable bonds is 4. The highest BCUT2D eigenvalue weighted by Gasteiger charge is 2.34. The van der Waals surface area contributed by atoms with Gasteiger partial charge in [-0.1, -0.05) is 42.3 Å². The summed E-state index contributed by atoms with van der Waals surface area (Å²) in [6.45, 7) is 2.59. The number of amides is 2. The molecule has 0 spiro atoms. The van der Waals surface area contributed by atoms with Crippen LogP contribution >= 0.6 is 23.2 Å². The number of nitrogens with zero attached hydrogens (tertiary/aromatic N) is 1. The normalized spacial score (nSPS) is 19.1. The molecule has 2 aromatic rings. The summed E-state index contributed by atoms with van der Waals surface area (Å²) in [6, 6.07) is 9.50. The SMILES string of the molecule is C[C@H]1CN(C(=O)c2ccc(Cl)c(Cl)c2)CC[C@H]1NC(=O)c1ccccc1OC(F)(F)F. The fourth-order valence-corrected chi connectivity index (χ4v) is 3.77. The number of benzene rings is 2. The van der Waals surface area contributed by atoms with E-state index in [4.69, 9.17) is 23.2 Å².